The summed E-state index contributed by atoms with van der Waals surface area (Å²) in [5.41, 5.74) is -1.87. The van der Waals surface area contributed by atoms with Crippen LogP contribution in [0.5, 0.6) is 0 Å². The number of nitrogens with one attached hydrogen (secondary N) is 1. The van der Waals surface area contributed by atoms with Gasteiger partial charge in [0.05, 0.1) is 17.6 Å². The normalized spacial score (nSPS) is 22.9. The third kappa shape index (κ3) is 3.29. The quantitative estimate of drug-likeness (QED) is 0.632. The number of hydrogen-bond donors (Lipinski definition) is 2. The summed E-state index contributed by atoms with van der Waals surface area (Å²) in [6.45, 7) is 5.31. The van der Waals surface area contributed by atoms with Gasteiger partial charge in [-0.05, 0) is 42.0 Å². The first-order chi connectivity index (χ1) is 14.3. The van der Waals surface area contributed by atoms with E-state index in [1.165, 1.54) is 17.9 Å². The van der Waals surface area contributed by atoms with Crippen LogP contribution >= 0.6 is 0 Å². The first-order valence-electron chi connectivity index (χ1n) is 9.97. The van der Waals surface area contributed by atoms with Crippen LogP contribution in [0, 0.1) is 6.92 Å². The smallest absolute Gasteiger partial charge is 0.379 e. The predicted molar refractivity (Wildman–Crippen MR) is 113 cm³/mol. The van der Waals surface area contributed by atoms with Crippen LogP contribution < -0.4 is 10.9 Å². The molecule has 5 nitrogen and oxygen atoms in total. The highest BCUT2D eigenvalue weighted by atomic mass is 19.4. The topological polar surface area (TPSA) is 67.2 Å². The minimum atomic E-state index is -4.87. The number of anilines is 1. The lowest BCUT2D eigenvalue weighted by Gasteiger charge is -2.49. The van der Waals surface area contributed by atoms with Gasteiger partial charge in [-0.2, -0.15) is 18.3 Å². The van der Waals surface area contributed by atoms with Crippen molar-refractivity contribution < 1.29 is 18.3 Å². The Morgan fingerprint density at radius 2 is 1.90 bits per heavy atom. The van der Waals surface area contributed by atoms with Gasteiger partial charge in [0.1, 0.15) is 0 Å². The molecule has 2 atom stereocenters. The second-order valence-corrected chi connectivity index (χ2v) is 8.99. The summed E-state index contributed by atoms with van der Waals surface area (Å²) in [6, 6.07) is 8.59. The third-order valence-corrected chi connectivity index (χ3v) is 6.22. The van der Waals surface area contributed by atoms with E-state index in [0.717, 1.165) is 11.1 Å². The van der Waals surface area contributed by atoms with E-state index in [4.69, 9.17) is 0 Å². The first kappa shape index (κ1) is 21.4. The standard InChI is InChI=1S/C23H24F3N3O2/c1-13-8-9-15-17(10-13)21(2,3)12-22(31,23(24,25)26)19(15)28-18-7-5-6-14-16(18)11-27-29(4)20(14)30/h5-11,19,28,31H,12H2,1-4H3. The van der Waals surface area contributed by atoms with Crippen LogP contribution in [0.2, 0.25) is 0 Å². The Kier molecular flexibility index (Phi) is 4.70. The van der Waals surface area contributed by atoms with Crippen LogP contribution in [0.3, 0.4) is 0 Å². The minimum Gasteiger partial charge on any atom is -0.379 e. The molecule has 0 radical (unpaired) electrons. The zero-order valence-corrected chi connectivity index (χ0v) is 17.7. The Bertz CT molecular complexity index is 1230. The molecule has 8 heteroatoms. The monoisotopic (exact) mass is 431 g/mol. The minimum absolute atomic E-state index is 0.307. The first-order valence-corrected chi connectivity index (χ1v) is 9.97. The Morgan fingerprint density at radius 1 is 1.19 bits per heavy atom. The maximum atomic E-state index is 14.3. The highest BCUT2D eigenvalue weighted by Crippen LogP contribution is 2.54. The van der Waals surface area contributed by atoms with Crippen molar-refractivity contribution in [2.75, 3.05) is 5.32 Å². The molecule has 164 valence electrons. The fourth-order valence-electron chi connectivity index (χ4n) is 4.64. The molecule has 4 rings (SSSR count). The lowest BCUT2D eigenvalue weighted by Crippen LogP contribution is -2.58. The molecule has 31 heavy (non-hydrogen) atoms. The summed E-state index contributed by atoms with van der Waals surface area (Å²) in [5.74, 6) is 0. The molecule has 3 aromatic rings. The van der Waals surface area contributed by atoms with Gasteiger partial charge in [-0.1, -0.05) is 43.7 Å². The number of aromatic nitrogens is 2. The maximum absolute atomic E-state index is 14.3. The van der Waals surface area contributed by atoms with Crippen LogP contribution in [-0.4, -0.2) is 26.7 Å². The fourth-order valence-corrected chi connectivity index (χ4v) is 4.64. The van der Waals surface area contributed by atoms with Gasteiger partial charge >= 0.3 is 6.18 Å². The van der Waals surface area contributed by atoms with Crippen LogP contribution in [0.4, 0.5) is 18.9 Å². The summed E-state index contributed by atoms with van der Waals surface area (Å²) in [4.78, 5) is 12.4. The number of aryl methyl sites for hydroxylation is 2. The third-order valence-electron chi connectivity index (χ3n) is 6.22. The van der Waals surface area contributed by atoms with E-state index < -0.39 is 29.7 Å². The number of benzene rings is 2. The van der Waals surface area contributed by atoms with E-state index in [-0.39, 0.29) is 5.56 Å². The van der Waals surface area contributed by atoms with Crippen LogP contribution in [-0.2, 0) is 12.5 Å². The Morgan fingerprint density at radius 3 is 2.58 bits per heavy atom. The molecule has 0 aliphatic heterocycles. The second kappa shape index (κ2) is 6.82. The van der Waals surface area contributed by atoms with Crippen LogP contribution in [0.15, 0.2) is 47.4 Å². The van der Waals surface area contributed by atoms with E-state index >= 15 is 0 Å². The van der Waals surface area contributed by atoms with E-state index in [9.17, 15) is 23.1 Å². The van der Waals surface area contributed by atoms with Crippen molar-refractivity contribution >= 4 is 16.5 Å². The number of fused-ring (bicyclic) bond motifs is 2. The van der Waals surface area contributed by atoms with Crippen molar-refractivity contribution in [2.45, 2.75) is 50.4 Å². The molecular weight excluding hydrogens is 407 g/mol. The summed E-state index contributed by atoms with van der Waals surface area (Å²) >= 11 is 0. The van der Waals surface area contributed by atoms with Crippen molar-refractivity contribution in [2.24, 2.45) is 7.05 Å². The molecule has 2 unspecified atom stereocenters. The highest BCUT2D eigenvalue weighted by Gasteiger charge is 2.63. The highest BCUT2D eigenvalue weighted by molar-refractivity contribution is 5.92. The molecule has 0 spiro atoms. The van der Waals surface area contributed by atoms with Crippen LogP contribution in [0.25, 0.3) is 10.8 Å². The number of aliphatic hydroxyl groups is 1. The zero-order valence-electron chi connectivity index (χ0n) is 17.7. The maximum Gasteiger partial charge on any atom is 0.419 e. The molecule has 0 bridgehead atoms. The summed E-state index contributed by atoms with van der Waals surface area (Å²) in [7, 11) is 1.51. The number of halogens is 3. The van der Waals surface area contributed by atoms with E-state index in [2.05, 4.69) is 10.4 Å². The van der Waals surface area contributed by atoms with E-state index in [1.807, 2.05) is 13.0 Å². The van der Waals surface area contributed by atoms with E-state index in [0.29, 0.717) is 22.0 Å². The summed E-state index contributed by atoms with van der Waals surface area (Å²) in [6.07, 6.45) is -3.93. The van der Waals surface area contributed by atoms with Gasteiger partial charge in [0.25, 0.3) is 5.56 Å². The van der Waals surface area contributed by atoms with Gasteiger partial charge in [-0.3, -0.25) is 4.79 Å². The molecule has 1 heterocycles. The van der Waals surface area contributed by atoms with Crippen molar-refractivity contribution in [3.05, 3.63) is 69.6 Å². The summed E-state index contributed by atoms with van der Waals surface area (Å²) in [5, 5.41) is 18.7. The largest absolute Gasteiger partial charge is 0.419 e. The SMILES string of the molecule is Cc1ccc2c(c1)C(C)(C)CC(O)(C(F)(F)F)C2Nc1cccc2c(=O)n(C)ncc12. The molecule has 0 saturated heterocycles. The van der Waals surface area contributed by atoms with Gasteiger partial charge in [-0.15, -0.1) is 0 Å². The Balaban J connectivity index is 1.94. The van der Waals surface area contributed by atoms with Gasteiger partial charge in [0, 0.05) is 18.1 Å². The summed E-state index contributed by atoms with van der Waals surface area (Å²) < 4.78 is 44.0. The lowest BCUT2D eigenvalue weighted by molar-refractivity contribution is -0.275. The Hall–Kier alpha value is -2.87. The molecule has 0 amide bonds. The molecule has 1 aromatic heterocycles. The number of rotatable bonds is 2. The molecular formula is C23H24F3N3O2. The Labute approximate surface area is 177 Å². The van der Waals surface area contributed by atoms with Gasteiger partial charge in [-0.25, -0.2) is 4.68 Å². The molecule has 2 aromatic carbocycles. The zero-order chi connectivity index (χ0) is 22.8. The van der Waals surface area contributed by atoms with Gasteiger partial charge < -0.3 is 10.4 Å². The number of hydrogen-bond acceptors (Lipinski definition) is 4. The molecule has 2 N–H and O–H groups in total. The number of alkyl halides is 3. The molecule has 0 saturated carbocycles. The molecule has 1 aliphatic rings. The fraction of sp³-hybridized carbons (Fsp3) is 0.391. The second-order valence-electron chi connectivity index (χ2n) is 8.99. The van der Waals surface area contributed by atoms with Crippen molar-refractivity contribution in [3.8, 4) is 0 Å². The van der Waals surface area contributed by atoms with Gasteiger partial charge in [0.15, 0.2) is 5.60 Å². The van der Waals surface area contributed by atoms with Crippen LogP contribution in [0.1, 0.15) is 43.0 Å². The average Bonchev–Trinajstić information content (AvgIpc) is 2.67. The molecule has 1 aliphatic carbocycles. The van der Waals surface area contributed by atoms with Crippen molar-refractivity contribution in [1.29, 1.82) is 0 Å². The predicted octanol–water partition coefficient (Wildman–Crippen LogP) is 4.37. The van der Waals surface area contributed by atoms with Crippen molar-refractivity contribution in [3.63, 3.8) is 0 Å². The number of nitrogens with zero attached hydrogens (tertiary/aromatic N) is 2. The van der Waals surface area contributed by atoms with Gasteiger partial charge in [0.2, 0.25) is 0 Å². The average molecular weight is 431 g/mol. The lowest BCUT2D eigenvalue weighted by atomic mass is 9.63. The van der Waals surface area contributed by atoms with Crippen molar-refractivity contribution in [1.82, 2.24) is 9.78 Å². The molecule has 0 fully saturated rings. The van der Waals surface area contributed by atoms with E-state index in [1.54, 1.807) is 44.2 Å².